The Hall–Kier alpha value is -0.0800. The van der Waals surface area contributed by atoms with Crippen LogP contribution in [0.3, 0.4) is 0 Å². The van der Waals surface area contributed by atoms with Crippen LogP contribution >= 0.6 is 0 Å². The summed E-state index contributed by atoms with van der Waals surface area (Å²) in [6.45, 7) is 5.33. The molecule has 0 unspecified atom stereocenters. The molecule has 0 aromatic heterocycles. The van der Waals surface area contributed by atoms with Crippen molar-refractivity contribution in [2.75, 3.05) is 26.2 Å². The summed E-state index contributed by atoms with van der Waals surface area (Å²) in [6, 6.07) is 0.947. The van der Waals surface area contributed by atoms with Crippen LogP contribution in [0.2, 0.25) is 0 Å². The number of nitrogens with zero attached hydrogens (tertiary/aromatic N) is 1. The number of hydrogen-bond donors (Lipinski definition) is 1. The van der Waals surface area contributed by atoms with Gasteiger partial charge in [0.2, 0.25) is 0 Å². The van der Waals surface area contributed by atoms with Crippen molar-refractivity contribution in [1.29, 1.82) is 0 Å². The van der Waals surface area contributed by atoms with E-state index in [0.717, 1.165) is 6.04 Å². The zero-order chi connectivity index (χ0) is 10.8. The van der Waals surface area contributed by atoms with E-state index in [9.17, 15) is 0 Å². The van der Waals surface area contributed by atoms with Crippen LogP contribution in [0.1, 0.15) is 51.4 Å². The van der Waals surface area contributed by atoms with E-state index in [1.165, 1.54) is 77.5 Å². The maximum atomic E-state index is 3.51. The molecular weight excluding hydrogens is 196 g/mol. The van der Waals surface area contributed by atoms with E-state index < -0.39 is 0 Å². The van der Waals surface area contributed by atoms with E-state index in [-0.39, 0.29) is 0 Å². The van der Waals surface area contributed by atoms with Crippen molar-refractivity contribution in [3.8, 4) is 0 Å². The average Bonchev–Trinajstić information content (AvgIpc) is 2.75. The van der Waals surface area contributed by atoms with Crippen molar-refractivity contribution < 1.29 is 0 Å². The highest BCUT2D eigenvalue weighted by atomic mass is 15.2. The molecule has 1 aliphatic carbocycles. The van der Waals surface area contributed by atoms with E-state index >= 15 is 0 Å². The van der Waals surface area contributed by atoms with Crippen LogP contribution in [0, 0.1) is 5.41 Å². The molecule has 1 saturated carbocycles. The van der Waals surface area contributed by atoms with Crippen LogP contribution in [-0.2, 0) is 0 Å². The molecule has 0 bridgehead atoms. The molecule has 2 heterocycles. The normalized spacial score (nSPS) is 32.2. The van der Waals surface area contributed by atoms with Gasteiger partial charge in [-0.25, -0.2) is 0 Å². The van der Waals surface area contributed by atoms with Crippen LogP contribution in [-0.4, -0.2) is 37.1 Å². The first-order chi connectivity index (χ1) is 7.88. The second-order valence-corrected chi connectivity index (χ2v) is 6.26. The Bertz CT molecular complexity index is 227. The molecule has 92 valence electrons. The molecule has 0 amide bonds. The number of nitrogens with one attached hydrogen (secondary N) is 1. The minimum absolute atomic E-state index is 0.711. The predicted octanol–water partition coefficient (Wildman–Crippen LogP) is 2.39. The molecule has 2 aliphatic heterocycles. The van der Waals surface area contributed by atoms with Crippen molar-refractivity contribution in [3.63, 3.8) is 0 Å². The molecule has 3 aliphatic rings. The molecular formula is C14H26N2. The zero-order valence-electron chi connectivity index (χ0n) is 10.5. The van der Waals surface area contributed by atoms with Crippen LogP contribution in [0.5, 0.6) is 0 Å². The van der Waals surface area contributed by atoms with Gasteiger partial charge in [0, 0.05) is 12.6 Å². The highest BCUT2D eigenvalue weighted by Gasteiger charge is 2.40. The van der Waals surface area contributed by atoms with E-state index in [2.05, 4.69) is 10.2 Å². The molecule has 0 atom stereocenters. The molecule has 1 spiro atoms. The highest BCUT2D eigenvalue weighted by molar-refractivity contribution is 4.95. The fourth-order valence-electron chi connectivity index (χ4n) is 4.09. The van der Waals surface area contributed by atoms with Gasteiger partial charge in [0.25, 0.3) is 0 Å². The maximum Gasteiger partial charge on any atom is 0.00954 e. The minimum atomic E-state index is 0.711. The Morgan fingerprint density at radius 2 is 1.69 bits per heavy atom. The molecule has 2 heteroatoms. The number of rotatable bonds is 1. The lowest BCUT2D eigenvalue weighted by molar-refractivity contribution is 0.146. The number of hydrogen-bond acceptors (Lipinski definition) is 2. The first-order valence-corrected chi connectivity index (χ1v) is 7.33. The summed E-state index contributed by atoms with van der Waals surface area (Å²) in [6.07, 6.45) is 11.7. The third-order valence-electron chi connectivity index (χ3n) is 5.22. The predicted molar refractivity (Wildman–Crippen MR) is 67.6 cm³/mol. The molecule has 16 heavy (non-hydrogen) atoms. The average molecular weight is 222 g/mol. The molecule has 1 N–H and O–H groups in total. The molecule has 3 rings (SSSR count). The number of likely N-dealkylation sites (tertiary alicyclic amines) is 1. The third-order valence-corrected chi connectivity index (χ3v) is 5.22. The second-order valence-electron chi connectivity index (χ2n) is 6.26. The van der Waals surface area contributed by atoms with Crippen molar-refractivity contribution in [3.05, 3.63) is 0 Å². The maximum absolute atomic E-state index is 3.51. The summed E-state index contributed by atoms with van der Waals surface area (Å²) in [5.41, 5.74) is 0.711. The van der Waals surface area contributed by atoms with Gasteiger partial charge in [0.15, 0.2) is 0 Å². The quantitative estimate of drug-likeness (QED) is 0.733. The van der Waals surface area contributed by atoms with Crippen LogP contribution in [0.25, 0.3) is 0 Å². The molecule has 0 aromatic carbocycles. The first kappa shape index (κ1) is 11.0. The SMILES string of the molecule is C1CCC(N2CCC3(CCNCC3)C2)CC1. The topological polar surface area (TPSA) is 15.3 Å². The zero-order valence-corrected chi connectivity index (χ0v) is 10.5. The van der Waals surface area contributed by atoms with Gasteiger partial charge in [-0.15, -0.1) is 0 Å². The van der Waals surface area contributed by atoms with Gasteiger partial charge in [0.1, 0.15) is 0 Å². The summed E-state index contributed by atoms with van der Waals surface area (Å²) in [7, 11) is 0. The van der Waals surface area contributed by atoms with Crippen LogP contribution < -0.4 is 5.32 Å². The summed E-state index contributed by atoms with van der Waals surface area (Å²) >= 11 is 0. The van der Waals surface area contributed by atoms with Gasteiger partial charge in [-0.05, 0) is 57.2 Å². The molecule has 2 nitrogen and oxygen atoms in total. The fraction of sp³-hybridized carbons (Fsp3) is 1.00. The van der Waals surface area contributed by atoms with Crippen molar-refractivity contribution in [2.45, 2.75) is 57.4 Å². The molecule has 0 aromatic rings. The van der Waals surface area contributed by atoms with Crippen LogP contribution in [0.4, 0.5) is 0 Å². The smallest absolute Gasteiger partial charge is 0.00954 e. The lowest BCUT2D eigenvalue weighted by Gasteiger charge is -2.36. The molecule has 0 radical (unpaired) electrons. The van der Waals surface area contributed by atoms with Gasteiger partial charge in [0.05, 0.1) is 0 Å². The van der Waals surface area contributed by atoms with E-state index in [1.54, 1.807) is 0 Å². The number of piperidine rings is 1. The van der Waals surface area contributed by atoms with Crippen molar-refractivity contribution in [1.82, 2.24) is 10.2 Å². The Kier molecular flexibility index (Phi) is 3.21. The monoisotopic (exact) mass is 222 g/mol. The Labute approximate surface area is 99.8 Å². The summed E-state index contributed by atoms with van der Waals surface area (Å²) < 4.78 is 0. The van der Waals surface area contributed by atoms with E-state index in [4.69, 9.17) is 0 Å². The Balaban J connectivity index is 1.58. The lowest BCUT2D eigenvalue weighted by atomic mass is 9.78. The minimum Gasteiger partial charge on any atom is -0.317 e. The Morgan fingerprint density at radius 3 is 2.44 bits per heavy atom. The van der Waals surface area contributed by atoms with Gasteiger partial charge in [-0.1, -0.05) is 19.3 Å². The first-order valence-electron chi connectivity index (χ1n) is 7.33. The van der Waals surface area contributed by atoms with Crippen molar-refractivity contribution in [2.24, 2.45) is 5.41 Å². The van der Waals surface area contributed by atoms with E-state index in [0.29, 0.717) is 5.41 Å². The van der Waals surface area contributed by atoms with Gasteiger partial charge in [-0.3, -0.25) is 4.90 Å². The summed E-state index contributed by atoms with van der Waals surface area (Å²) in [5.74, 6) is 0. The standard InChI is InChI=1S/C14H26N2/c1-2-4-13(5-3-1)16-11-8-14(12-16)6-9-15-10-7-14/h13,15H,1-12H2. The summed E-state index contributed by atoms with van der Waals surface area (Å²) in [4.78, 5) is 2.84. The largest absolute Gasteiger partial charge is 0.317 e. The van der Waals surface area contributed by atoms with Gasteiger partial charge in [-0.2, -0.15) is 0 Å². The van der Waals surface area contributed by atoms with Gasteiger partial charge < -0.3 is 5.32 Å². The third kappa shape index (κ3) is 2.14. The van der Waals surface area contributed by atoms with Crippen molar-refractivity contribution >= 4 is 0 Å². The summed E-state index contributed by atoms with van der Waals surface area (Å²) in [5, 5.41) is 3.51. The highest BCUT2D eigenvalue weighted by Crippen LogP contribution is 2.40. The lowest BCUT2D eigenvalue weighted by Crippen LogP contribution is -2.41. The van der Waals surface area contributed by atoms with Crippen LogP contribution in [0.15, 0.2) is 0 Å². The second kappa shape index (κ2) is 4.66. The van der Waals surface area contributed by atoms with Gasteiger partial charge >= 0.3 is 0 Å². The molecule has 3 fully saturated rings. The fourth-order valence-corrected chi connectivity index (χ4v) is 4.09. The Morgan fingerprint density at radius 1 is 0.938 bits per heavy atom. The molecule has 2 saturated heterocycles. The van der Waals surface area contributed by atoms with E-state index in [1.807, 2.05) is 0 Å².